The smallest absolute Gasteiger partial charge is 0.231 e. The van der Waals surface area contributed by atoms with Crippen molar-refractivity contribution in [2.45, 2.75) is 25.8 Å². The van der Waals surface area contributed by atoms with Gasteiger partial charge in [-0.15, -0.1) is 0 Å². The van der Waals surface area contributed by atoms with Crippen LogP contribution in [0.3, 0.4) is 0 Å². The molecule has 0 spiro atoms. The van der Waals surface area contributed by atoms with E-state index in [9.17, 15) is 4.79 Å². The Bertz CT molecular complexity index is 444. The van der Waals surface area contributed by atoms with Crippen LogP contribution >= 0.6 is 0 Å². The van der Waals surface area contributed by atoms with E-state index in [1.165, 1.54) is 5.56 Å². The number of piperidine rings is 1. The molecule has 3 nitrogen and oxygen atoms in total. The second-order valence-electron chi connectivity index (χ2n) is 5.11. The van der Waals surface area contributed by atoms with Crippen molar-refractivity contribution in [2.24, 2.45) is 5.92 Å². The van der Waals surface area contributed by atoms with E-state index >= 15 is 0 Å². The van der Waals surface area contributed by atoms with Crippen molar-refractivity contribution in [3.63, 3.8) is 0 Å². The molecular formula is C14H18N2O. The normalized spacial score (nSPS) is 28.3. The molecule has 2 unspecified atom stereocenters. The minimum absolute atomic E-state index is 0.268. The first kappa shape index (κ1) is 10.8. The van der Waals surface area contributed by atoms with Gasteiger partial charge in [-0.2, -0.15) is 0 Å². The molecular weight excluding hydrogens is 212 g/mol. The Kier molecular flexibility index (Phi) is 2.63. The quantitative estimate of drug-likeness (QED) is 0.794. The number of hydrogen-bond donors (Lipinski definition) is 1. The zero-order chi connectivity index (χ0) is 11.8. The van der Waals surface area contributed by atoms with Crippen LogP contribution in [-0.2, 0) is 11.2 Å². The molecule has 2 aliphatic rings. The summed E-state index contributed by atoms with van der Waals surface area (Å²) in [5.74, 6) is 0.795. The fraction of sp³-hybridized carbons (Fsp3) is 0.500. The third kappa shape index (κ3) is 1.75. The Labute approximate surface area is 102 Å². The topological polar surface area (TPSA) is 32.3 Å². The lowest BCUT2D eigenvalue weighted by atomic mass is 9.93. The van der Waals surface area contributed by atoms with Crippen molar-refractivity contribution >= 4 is 11.6 Å². The molecule has 0 radical (unpaired) electrons. The number of benzene rings is 1. The molecule has 2 atom stereocenters. The lowest BCUT2D eigenvalue weighted by Gasteiger charge is -2.37. The van der Waals surface area contributed by atoms with E-state index in [4.69, 9.17) is 0 Å². The van der Waals surface area contributed by atoms with Gasteiger partial charge in [0.2, 0.25) is 5.91 Å². The molecule has 3 rings (SSSR count). The van der Waals surface area contributed by atoms with E-state index in [1.807, 2.05) is 17.0 Å². The van der Waals surface area contributed by atoms with Crippen LogP contribution in [0.15, 0.2) is 24.3 Å². The van der Waals surface area contributed by atoms with Gasteiger partial charge >= 0.3 is 0 Å². The van der Waals surface area contributed by atoms with Crippen LogP contribution in [0.2, 0.25) is 0 Å². The molecule has 1 saturated heterocycles. The summed E-state index contributed by atoms with van der Waals surface area (Å²) in [5.41, 5.74) is 2.32. The van der Waals surface area contributed by atoms with Crippen molar-refractivity contribution in [2.75, 3.05) is 18.0 Å². The van der Waals surface area contributed by atoms with E-state index in [-0.39, 0.29) is 5.91 Å². The van der Waals surface area contributed by atoms with Crippen LogP contribution in [-0.4, -0.2) is 25.0 Å². The molecule has 0 saturated carbocycles. The lowest BCUT2D eigenvalue weighted by Crippen LogP contribution is -2.50. The highest BCUT2D eigenvalue weighted by Gasteiger charge is 2.36. The van der Waals surface area contributed by atoms with Crippen molar-refractivity contribution in [3.05, 3.63) is 29.8 Å². The van der Waals surface area contributed by atoms with Gasteiger partial charge in [-0.3, -0.25) is 4.79 Å². The van der Waals surface area contributed by atoms with Crippen LogP contribution in [0.25, 0.3) is 0 Å². The van der Waals surface area contributed by atoms with Gasteiger partial charge in [-0.05, 0) is 37.1 Å². The van der Waals surface area contributed by atoms with Crippen molar-refractivity contribution in [1.82, 2.24) is 5.32 Å². The monoisotopic (exact) mass is 230 g/mol. The number of fused-ring (bicyclic) bond motifs is 1. The van der Waals surface area contributed by atoms with Crippen LogP contribution in [0.4, 0.5) is 5.69 Å². The largest absolute Gasteiger partial charge is 0.316 e. The van der Waals surface area contributed by atoms with Gasteiger partial charge in [0.05, 0.1) is 6.42 Å². The number of carbonyl (C=O) groups excluding carboxylic acids is 1. The summed E-state index contributed by atoms with van der Waals surface area (Å²) in [7, 11) is 0. The second kappa shape index (κ2) is 4.15. The van der Waals surface area contributed by atoms with E-state index in [1.54, 1.807) is 0 Å². The highest BCUT2D eigenvalue weighted by molar-refractivity contribution is 6.01. The third-order valence-corrected chi connectivity index (χ3v) is 3.93. The molecule has 2 heterocycles. The first-order valence-electron chi connectivity index (χ1n) is 6.38. The average Bonchev–Trinajstić information content (AvgIpc) is 2.66. The van der Waals surface area contributed by atoms with Gasteiger partial charge in [0.25, 0.3) is 0 Å². The number of nitrogens with zero attached hydrogens (tertiary/aromatic N) is 1. The van der Waals surface area contributed by atoms with E-state index in [0.717, 1.165) is 25.2 Å². The predicted molar refractivity (Wildman–Crippen MR) is 68.1 cm³/mol. The maximum Gasteiger partial charge on any atom is 0.231 e. The Morgan fingerprint density at radius 1 is 1.35 bits per heavy atom. The Balaban J connectivity index is 1.94. The van der Waals surface area contributed by atoms with Crippen LogP contribution in [0.5, 0.6) is 0 Å². The van der Waals surface area contributed by atoms with E-state index in [0.29, 0.717) is 18.4 Å². The number of para-hydroxylation sites is 1. The molecule has 17 heavy (non-hydrogen) atoms. The maximum absolute atomic E-state index is 12.2. The number of rotatable bonds is 1. The number of carbonyl (C=O) groups is 1. The number of hydrogen-bond acceptors (Lipinski definition) is 2. The standard InChI is InChI=1S/C14H18N2O/c1-10-9-15-7-6-12(10)16-13-5-3-2-4-11(13)8-14(16)17/h2-5,10,12,15H,6-9H2,1H3. The molecule has 2 aliphatic heterocycles. The van der Waals surface area contributed by atoms with E-state index in [2.05, 4.69) is 24.4 Å². The third-order valence-electron chi connectivity index (χ3n) is 3.93. The Morgan fingerprint density at radius 2 is 2.18 bits per heavy atom. The molecule has 1 fully saturated rings. The predicted octanol–water partition coefficient (Wildman–Crippen LogP) is 1.57. The van der Waals surface area contributed by atoms with Gasteiger partial charge < -0.3 is 10.2 Å². The summed E-state index contributed by atoms with van der Waals surface area (Å²) < 4.78 is 0. The van der Waals surface area contributed by atoms with Crippen molar-refractivity contribution in [3.8, 4) is 0 Å². The summed E-state index contributed by atoms with van der Waals surface area (Å²) in [6.07, 6.45) is 1.63. The SMILES string of the molecule is CC1CNCCC1N1C(=O)Cc2ccccc21. The van der Waals surface area contributed by atoms with E-state index < -0.39 is 0 Å². The molecule has 0 aromatic heterocycles. The summed E-state index contributed by atoms with van der Waals surface area (Å²) in [6.45, 7) is 4.25. The average molecular weight is 230 g/mol. The van der Waals surface area contributed by atoms with Gasteiger partial charge in [-0.1, -0.05) is 25.1 Å². The summed E-state index contributed by atoms with van der Waals surface area (Å²) >= 11 is 0. The Hall–Kier alpha value is -1.35. The summed E-state index contributed by atoms with van der Waals surface area (Å²) in [4.78, 5) is 14.2. The van der Waals surface area contributed by atoms with Crippen LogP contribution in [0.1, 0.15) is 18.9 Å². The molecule has 0 bridgehead atoms. The maximum atomic E-state index is 12.2. The van der Waals surface area contributed by atoms with Gasteiger partial charge in [0, 0.05) is 11.7 Å². The summed E-state index contributed by atoms with van der Waals surface area (Å²) in [5, 5.41) is 3.39. The first-order valence-corrected chi connectivity index (χ1v) is 6.38. The van der Waals surface area contributed by atoms with Gasteiger partial charge in [0.15, 0.2) is 0 Å². The molecule has 90 valence electrons. The number of anilines is 1. The van der Waals surface area contributed by atoms with Crippen LogP contribution < -0.4 is 10.2 Å². The van der Waals surface area contributed by atoms with Crippen molar-refractivity contribution in [1.29, 1.82) is 0 Å². The highest BCUT2D eigenvalue weighted by Crippen LogP contribution is 2.33. The fourth-order valence-electron chi connectivity index (χ4n) is 3.03. The molecule has 3 heteroatoms. The zero-order valence-corrected chi connectivity index (χ0v) is 10.1. The van der Waals surface area contributed by atoms with Gasteiger partial charge in [-0.25, -0.2) is 0 Å². The Morgan fingerprint density at radius 3 is 3.00 bits per heavy atom. The minimum Gasteiger partial charge on any atom is -0.316 e. The van der Waals surface area contributed by atoms with Gasteiger partial charge in [0.1, 0.15) is 0 Å². The fourth-order valence-corrected chi connectivity index (χ4v) is 3.03. The van der Waals surface area contributed by atoms with Crippen LogP contribution in [0, 0.1) is 5.92 Å². The van der Waals surface area contributed by atoms with Crippen molar-refractivity contribution < 1.29 is 4.79 Å². The molecule has 0 aliphatic carbocycles. The highest BCUT2D eigenvalue weighted by atomic mass is 16.2. The molecule has 1 aromatic rings. The number of amides is 1. The first-order chi connectivity index (χ1) is 8.27. The zero-order valence-electron chi connectivity index (χ0n) is 10.1. The second-order valence-corrected chi connectivity index (χ2v) is 5.11. The summed E-state index contributed by atoms with van der Waals surface area (Å²) in [6, 6.07) is 8.55. The molecule has 1 amide bonds. The molecule has 1 N–H and O–H groups in total. The number of nitrogens with one attached hydrogen (secondary N) is 1. The minimum atomic E-state index is 0.268. The molecule has 1 aromatic carbocycles. The lowest BCUT2D eigenvalue weighted by molar-refractivity contribution is -0.118.